The number of hydrogen-bond acceptors (Lipinski definition) is 2. The Morgan fingerprint density at radius 2 is 2.12 bits per heavy atom. The fourth-order valence-corrected chi connectivity index (χ4v) is 2.30. The van der Waals surface area contributed by atoms with E-state index >= 15 is 0 Å². The van der Waals surface area contributed by atoms with Gasteiger partial charge >= 0.3 is 0 Å². The molecule has 0 saturated carbocycles. The summed E-state index contributed by atoms with van der Waals surface area (Å²) >= 11 is 0. The number of rotatable bonds is 2. The van der Waals surface area contributed by atoms with Crippen molar-refractivity contribution in [1.29, 1.82) is 0 Å². The molecule has 1 amide bonds. The molecule has 1 saturated heterocycles. The van der Waals surface area contributed by atoms with E-state index < -0.39 is 0 Å². The highest BCUT2D eigenvalue weighted by atomic mass is 16.2. The Bertz CT molecular complexity index is 414. The maximum atomic E-state index is 12.0. The molecule has 1 aliphatic rings. The fraction of sp³-hybridized carbons (Fsp3) is 0.462. The zero-order valence-corrected chi connectivity index (χ0v) is 10.1. The van der Waals surface area contributed by atoms with E-state index in [1.54, 1.807) is 0 Å². The Morgan fingerprint density at radius 3 is 2.69 bits per heavy atom. The molecule has 0 radical (unpaired) electrons. The van der Waals surface area contributed by atoms with Crippen LogP contribution in [0.5, 0.6) is 0 Å². The van der Waals surface area contributed by atoms with Crippen LogP contribution in [0.1, 0.15) is 17.5 Å². The van der Waals surface area contributed by atoms with E-state index in [2.05, 4.69) is 31.3 Å². The van der Waals surface area contributed by atoms with Crippen molar-refractivity contribution in [3.05, 3.63) is 29.3 Å². The van der Waals surface area contributed by atoms with Gasteiger partial charge in [0, 0.05) is 12.2 Å². The summed E-state index contributed by atoms with van der Waals surface area (Å²) < 4.78 is 0. The maximum Gasteiger partial charge on any atom is 0.244 e. The van der Waals surface area contributed by atoms with Crippen LogP contribution in [0.3, 0.4) is 0 Å². The van der Waals surface area contributed by atoms with E-state index in [9.17, 15) is 4.79 Å². The molecule has 1 fully saturated rings. The van der Waals surface area contributed by atoms with Crippen molar-refractivity contribution < 1.29 is 4.79 Å². The third-order valence-electron chi connectivity index (χ3n) is 3.20. The summed E-state index contributed by atoms with van der Waals surface area (Å²) in [6.45, 7) is 4.94. The van der Waals surface area contributed by atoms with Crippen molar-refractivity contribution in [2.45, 2.75) is 26.3 Å². The molecule has 1 aromatic carbocycles. The second-order valence-corrected chi connectivity index (χ2v) is 4.41. The Labute approximate surface area is 96.5 Å². The summed E-state index contributed by atoms with van der Waals surface area (Å²) in [6.07, 6.45) is 0.892. The molecule has 0 aromatic heterocycles. The second-order valence-electron chi connectivity index (χ2n) is 4.41. The van der Waals surface area contributed by atoms with Gasteiger partial charge < -0.3 is 10.2 Å². The number of nitrogens with one attached hydrogen (secondary N) is 1. The third-order valence-corrected chi connectivity index (χ3v) is 3.20. The van der Waals surface area contributed by atoms with E-state index in [0.29, 0.717) is 0 Å². The van der Waals surface area contributed by atoms with Gasteiger partial charge in [-0.05, 0) is 38.9 Å². The number of likely N-dealkylation sites (N-methyl/N-ethyl adjacent to an activating group) is 1. The first-order valence-electron chi connectivity index (χ1n) is 5.69. The van der Waals surface area contributed by atoms with E-state index in [1.807, 2.05) is 18.0 Å². The first kappa shape index (κ1) is 11.1. The van der Waals surface area contributed by atoms with Crippen LogP contribution in [0.15, 0.2) is 18.2 Å². The van der Waals surface area contributed by atoms with Crippen molar-refractivity contribution in [3.8, 4) is 0 Å². The minimum atomic E-state index is -0.0132. The molecule has 1 aromatic rings. The van der Waals surface area contributed by atoms with Crippen LogP contribution >= 0.6 is 0 Å². The zero-order valence-electron chi connectivity index (χ0n) is 10.1. The van der Waals surface area contributed by atoms with Gasteiger partial charge in [0.1, 0.15) is 0 Å². The van der Waals surface area contributed by atoms with Gasteiger partial charge in [-0.1, -0.05) is 17.7 Å². The number of hydrogen-bond donors (Lipinski definition) is 1. The Kier molecular flexibility index (Phi) is 2.97. The molecule has 0 aliphatic carbocycles. The van der Waals surface area contributed by atoms with Gasteiger partial charge in [-0.15, -0.1) is 0 Å². The van der Waals surface area contributed by atoms with Crippen molar-refractivity contribution in [2.24, 2.45) is 0 Å². The van der Waals surface area contributed by atoms with Crippen LogP contribution in [0.4, 0.5) is 5.69 Å². The molecule has 0 bridgehead atoms. The average Bonchev–Trinajstić information content (AvgIpc) is 2.60. The molecule has 1 heterocycles. The lowest BCUT2D eigenvalue weighted by molar-refractivity contribution is -0.118. The maximum absolute atomic E-state index is 12.0. The summed E-state index contributed by atoms with van der Waals surface area (Å²) in [5, 5.41) is 3.05. The highest BCUT2D eigenvalue weighted by Gasteiger charge is 2.31. The van der Waals surface area contributed by atoms with Crippen LogP contribution in [0.25, 0.3) is 0 Å². The largest absolute Gasteiger partial charge is 0.311 e. The SMILES string of the molecule is CNC1CCN(c2ccc(C)cc2C)C1=O. The molecule has 1 aliphatic heterocycles. The van der Waals surface area contributed by atoms with Crippen LogP contribution in [-0.4, -0.2) is 25.5 Å². The average molecular weight is 218 g/mol. The van der Waals surface area contributed by atoms with Gasteiger partial charge in [0.25, 0.3) is 0 Å². The van der Waals surface area contributed by atoms with Gasteiger partial charge in [0.05, 0.1) is 6.04 Å². The molecule has 1 atom stereocenters. The predicted octanol–water partition coefficient (Wildman–Crippen LogP) is 1.63. The second kappa shape index (κ2) is 4.26. The summed E-state index contributed by atoms with van der Waals surface area (Å²) in [5.74, 6) is 0.189. The first-order chi connectivity index (χ1) is 7.63. The summed E-state index contributed by atoms with van der Waals surface area (Å²) in [5.41, 5.74) is 3.46. The monoisotopic (exact) mass is 218 g/mol. The van der Waals surface area contributed by atoms with Gasteiger partial charge in [0.2, 0.25) is 5.91 Å². The number of nitrogens with zero attached hydrogens (tertiary/aromatic N) is 1. The molecule has 16 heavy (non-hydrogen) atoms. The van der Waals surface area contributed by atoms with Crippen molar-refractivity contribution >= 4 is 11.6 Å². The standard InChI is InChI=1S/C13H18N2O/c1-9-4-5-12(10(2)8-9)15-7-6-11(14-3)13(15)16/h4-5,8,11,14H,6-7H2,1-3H3. The number of carbonyl (C=O) groups excluding carboxylic acids is 1. The van der Waals surface area contributed by atoms with Crippen molar-refractivity contribution in [2.75, 3.05) is 18.5 Å². The van der Waals surface area contributed by atoms with Gasteiger partial charge in [-0.3, -0.25) is 4.79 Å². The normalized spacial score (nSPS) is 20.6. The summed E-state index contributed by atoms with van der Waals surface area (Å²) in [7, 11) is 1.84. The van der Waals surface area contributed by atoms with Gasteiger partial charge in [-0.25, -0.2) is 0 Å². The van der Waals surface area contributed by atoms with E-state index in [1.165, 1.54) is 11.1 Å². The number of aryl methyl sites for hydroxylation is 2. The van der Waals surface area contributed by atoms with Gasteiger partial charge in [0.15, 0.2) is 0 Å². The van der Waals surface area contributed by atoms with Crippen LogP contribution in [-0.2, 0) is 4.79 Å². The molecule has 1 N–H and O–H groups in total. The highest BCUT2D eigenvalue weighted by molar-refractivity contribution is 6.00. The van der Waals surface area contributed by atoms with Crippen molar-refractivity contribution in [1.82, 2.24) is 5.32 Å². The number of carbonyl (C=O) groups is 1. The zero-order chi connectivity index (χ0) is 11.7. The molecule has 2 rings (SSSR count). The van der Waals surface area contributed by atoms with Crippen LogP contribution in [0, 0.1) is 13.8 Å². The number of anilines is 1. The fourth-order valence-electron chi connectivity index (χ4n) is 2.30. The molecule has 86 valence electrons. The first-order valence-corrected chi connectivity index (χ1v) is 5.69. The molecular formula is C13H18N2O. The summed E-state index contributed by atoms with van der Waals surface area (Å²) in [6, 6.07) is 6.21. The predicted molar refractivity (Wildman–Crippen MR) is 65.7 cm³/mol. The quantitative estimate of drug-likeness (QED) is 0.818. The van der Waals surface area contributed by atoms with Crippen molar-refractivity contribution in [3.63, 3.8) is 0 Å². The summed E-state index contributed by atoms with van der Waals surface area (Å²) in [4.78, 5) is 13.9. The minimum Gasteiger partial charge on any atom is -0.311 e. The minimum absolute atomic E-state index is 0.0132. The lowest BCUT2D eigenvalue weighted by Gasteiger charge is -2.19. The Hall–Kier alpha value is -1.35. The van der Waals surface area contributed by atoms with E-state index in [-0.39, 0.29) is 11.9 Å². The van der Waals surface area contributed by atoms with Gasteiger partial charge in [-0.2, -0.15) is 0 Å². The molecule has 3 nitrogen and oxygen atoms in total. The molecular weight excluding hydrogens is 200 g/mol. The Balaban J connectivity index is 2.29. The smallest absolute Gasteiger partial charge is 0.244 e. The lowest BCUT2D eigenvalue weighted by atomic mass is 10.1. The molecule has 1 unspecified atom stereocenters. The highest BCUT2D eigenvalue weighted by Crippen LogP contribution is 2.25. The molecule has 3 heteroatoms. The molecule has 0 spiro atoms. The third kappa shape index (κ3) is 1.83. The Morgan fingerprint density at radius 1 is 1.38 bits per heavy atom. The van der Waals surface area contributed by atoms with E-state index in [0.717, 1.165) is 18.7 Å². The van der Waals surface area contributed by atoms with Crippen LogP contribution < -0.4 is 10.2 Å². The lowest BCUT2D eigenvalue weighted by Crippen LogP contribution is -2.36. The number of amides is 1. The number of benzene rings is 1. The topological polar surface area (TPSA) is 32.3 Å². The van der Waals surface area contributed by atoms with E-state index in [4.69, 9.17) is 0 Å². The van der Waals surface area contributed by atoms with Crippen LogP contribution in [0.2, 0.25) is 0 Å².